The lowest BCUT2D eigenvalue weighted by Gasteiger charge is -2.04. The number of non-ortho nitro benzene ring substituents is 1. The Labute approximate surface area is 118 Å². The molecule has 0 fully saturated rings. The second-order valence-corrected chi connectivity index (χ2v) is 4.26. The van der Waals surface area contributed by atoms with E-state index in [1.54, 1.807) is 6.07 Å². The zero-order chi connectivity index (χ0) is 14.5. The maximum absolute atomic E-state index is 11.8. The SMILES string of the molecule is O=C(Cc1cccc([N+](=O)[O-])c1)Nc1cnc(Cl)cn1. The number of carbonyl (C=O) groups excluding carboxylic acids is 1. The molecule has 1 aromatic carbocycles. The predicted molar refractivity (Wildman–Crippen MR) is 72.5 cm³/mol. The summed E-state index contributed by atoms with van der Waals surface area (Å²) < 4.78 is 0. The average Bonchev–Trinajstić information content (AvgIpc) is 2.41. The maximum Gasteiger partial charge on any atom is 0.269 e. The second-order valence-electron chi connectivity index (χ2n) is 3.88. The zero-order valence-corrected chi connectivity index (χ0v) is 10.9. The molecule has 102 valence electrons. The number of hydrogen-bond acceptors (Lipinski definition) is 5. The smallest absolute Gasteiger partial charge is 0.269 e. The van der Waals surface area contributed by atoms with Crippen molar-refractivity contribution in [3.8, 4) is 0 Å². The minimum absolute atomic E-state index is 0.00594. The normalized spacial score (nSPS) is 10.1. The molecule has 1 aromatic heterocycles. The van der Waals surface area contributed by atoms with Crippen molar-refractivity contribution in [2.24, 2.45) is 0 Å². The molecule has 1 amide bonds. The van der Waals surface area contributed by atoms with Crippen LogP contribution >= 0.6 is 11.6 Å². The van der Waals surface area contributed by atoms with Gasteiger partial charge in [0.1, 0.15) is 5.15 Å². The topological polar surface area (TPSA) is 98.0 Å². The number of anilines is 1. The van der Waals surface area contributed by atoms with E-state index in [2.05, 4.69) is 15.3 Å². The second kappa shape index (κ2) is 6.07. The van der Waals surface area contributed by atoms with E-state index in [-0.39, 0.29) is 29.0 Å². The summed E-state index contributed by atoms with van der Waals surface area (Å²) in [4.78, 5) is 29.5. The third-order valence-corrected chi connectivity index (χ3v) is 2.57. The third kappa shape index (κ3) is 3.72. The molecule has 2 rings (SSSR count). The van der Waals surface area contributed by atoms with Gasteiger partial charge in [-0.25, -0.2) is 9.97 Å². The van der Waals surface area contributed by atoms with Crippen molar-refractivity contribution in [3.63, 3.8) is 0 Å². The van der Waals surface area contributed by atoms with Crippen LogP contribution in [0.25, 0.3) is 0 Å². The van der Waals surface area contributed by atoms with Crippen molar-refractivity contribution in [3.05, 3.63) is 57.5 Å². The van der Waals surface area contributed by atoms with Crippen molar-refractivity contribution in [1.82, 2.24) is 9.97 Å². The molecular formula is C12H9ClN4O3. The molecule has 0 unspecified atom stereocenters. The maximum atomic E-state index is 11.8. The Hall–Kier alpha value is -2.54. The standard InChI is InChI=1S/C12H9ClN4O3/c13-10-6-15-11(7-14-10)16-12(18)5-8-2-1-3-9(4-8)17(19)20/h1-4,6-7H,5H2,(H,15,16,18). The summed E-state index contributed by atoms with van der Waals surface area (Å²) in [6, 6.07) is 5.89. The molecule has 0 saturated carbocycles. The lowest BCUT2D eigenvalue weighted by Crippen LogP contribution is -2.15. The Bertz CT molecular complexity index is 645. The van der Waals surface area contributed by atoms with Crippen LogP contribution in [0.2, 0.25) is 5.15 Å². The molecule has 1 N–H and O–H groups in total. The van der Waals surface area contributed by atoms with Gasteiger partial charge in [-0.3, -0.25) is 14.9 Å². The van der Waals surface area contributed by atoms with Crippen LogP contribution in [0.15, 0.2) is 36.7 Å². The van der Waals surface area contributed by atoms with Gasteiger partial charge < -0.3 is 5.32 Å². The molecule has 0 saturated heterocycles. The fourth-order valence-corrected chi connectivity index (χ4v) is 1.63. The highest BCUT2D eigenvalue weighted by Gasteiger charge is 2.09. The molecule has 20 heavy (non-hydrogen) atoms. The number of carbonyl (C=O) groups is 1. The third-order valence-electron chi connectivity index (χ3n) is 2.37. The van der Waals surface area contributed by atoms with Gasteiger partial charge in [0.15, 0.2) is 5.82 Å². The predicted octanol–water partition coefficient (Wildman–Crippen LogP) is 2.22. The van der Waals surface area contributed by atoms with E-state index in [0.29, 0.717) is 5.56 Å². The van der Waals surface area contributed by atoms with Gasteiger partial charge in [-0.2, -0.15) is 0 Å². The van der Waals surface area contributed by atoms with E-state index < -0.39 is 4.92 Å². The lowest BCUT2D eigenvalue weighted by molar-refractivity contribution is -0.384. The van der Waals surface area contributed by atoms with Crippen molar-refractivity contribution in [2.75, 3.05) is 5.32 Å². The molecule has 0 atom stereocenters. The van der Waals surface area contributed by atoms with Gasteiger partial charge in [0.05, 0.1) is 23.7 Å². The minimum Gasteiger partial charge on any atom is -0.309 e. The molecule has 0 aliphatic heterocycles. The Morgan fingerprint density at radius 3 is 2.80 bits per heavy atom. The number of amides is 1. The van der Waals surface area contributed by atoms with Crippen LogP contribution < -0.4 is 5.32 Å². The summed E-state index contributed by atoms with van der Waals surface area (Å²) in [6.45, 7) is 0. The first-order valence-electron chi connectivity index (χ1n) is 5.55. The van der Waals surface area contributed by atoms with Crippen LogP contribution in [0.3, 0.4) is 0 Å². The Kier molecular flexibility index (Phi) is 4.21. The molecule has 0 radical (unpaired) electrons. The number of nitrogens with zero attached hydrogens (tertiary/aromatic N) is 3. The molecule has 0 spiro atoms. The number of halogens is 1. The molecule has 0 aliphatic carbocycles. The number of nitro benzene ring substituents is 1. The monoisotopic (exact) mass is 292 g/mol. The van der Waals surface area contributed by atoms with E-state index in [9.17, 15) is 14.9 Å². The number of hydrogen-bond donors (Lipinski definition) is 1. The zero-order valence-electron chi connectivity index (χ0n) is 10.1. The Balaban J connectivity index is 2.02. The van der Waals surface area contributed by atoms with E-state index in [1.807, 2.05) is 0 Å². The highest BCUT2D eigenvalue weighted by Crippen LogP contribution is 2.14. The summed E-state index contributed by atoms with van der Waals surface area (Å²) in [7, 11) is 0. The number of aromatic nitrogens is 2. The largest absolute Gasteiger partial charge is 0.309 e. The summed E-state index contributed by atoms with van der Waals surface area (Å²) in [5.41, 5.74) is 0.486. The van der Waals surface area contributed by atoms with Gasteiger partial charge in [-0.05, 0) is 5.56 Å². The number of nitrogens with one attached hydrogen (secondary N) is 1. The lowest BCUT2D eigenvalue weighted by atomic mass is 10.1. The van der Waals surface area contributed by atoms with Crippen LogP contribution in [0.5, 0.6) is 0 Å². The van der Waals surface area contributed by atoms with Gasteiger partial charge in [0, 0.05) is 12.1 Å². The van der Waals surface area contributed by atoms with E-state index >= 15 is 0 Å². The molecule has 1 heterocycles. The quantitative estimate of drug-likeness (QED) is 0.688. The first kappa shape index (κ1) is 13.9. The summed E-state index contributed by atoms with van der Waals surface area (Å²) in [6.07, 6.45) is 2.64. The van der Waals surface area contributed by atoms with Crippen molar-refractivity contribution >= 4 is 29.0 Å². The van der Waals surface area contributed by atoms with Gasteiger partial charge in [-0.1, -0.05) is 23.7 Å². The number of benzene rings is 1. The minimum atomic E-state index is -0.508. The van der Waals surface area contributed by atoms with Crippen LogP contribution in [0, 0.1) is 10.1 Å². The first-order chi connectivity index (χ1) is 9.54. The molecule has 8 heteroatoms. The fraction of sp³-hybridized carbons (Fsp3) is 0.0833. The molecule has 0 aliphatic rings. The van der Waals surface area contributed by atoms with Gasteiger partial charge in [-0.15, -0.1) is 0 Å². The highest BCUT2D eigenvalue weighted by atomic mass is 35.5. The van der Waals surface area contributed by atoms with Crippen molar-refractivity contribution in [1.29, 1.82) is 0 Å². The van der Waals surface area contributed by atoms with Crippen molar-refractivity contribution in [2.45, 2.75) is 6.42 Å². The number of nitro groups is 1. The van der Waals surface area contributed by atoms with E-state index in [0.717, 1.165) is 0 Å². The average molecular weight is 293 g/mol. The Morgan fingerprint density at radius 1 is 1.35 bits per heavy atom. The summed E-state index contributed by atoms with van der Waals surface area (Å²) in [5.74, 6) is -0.0769. The molecule has 7 nitrogen and oxygen atoms in total. The van der Waals surface area contributed by atoms with Crippen LogP contribution in [0.4, 0.5) is 11.5 Å². The highest BCUT2D eigenvalue weighted by molar-refractivity contribution is 6.29. The molecular weight excluding hydrogens is 284 g/mol. The van der Waals surface area contributed by atoms with Crippen LogP contribution in [-0.2, 0) is 11.2 Å². The van der Waals surface area contributed by atoms with Crippen LogP contribution in [-0.4, -0.2) is 20.8 Å². The Morgan fingerprint density at radius 2 is 2.15 bits per heavy atom. The van der Waals surface area contributed by atoms with Gasteiger partial charge in [0.25, 0.3) is 5.69 Å². The number of rotatable bonds is 4. The van der Waals surface area contributed by atoms with E-state index in [1.165, 1.54) is 30.6 Å². The van der Waals surface area contributed by atoms with Gasteiger partial charge >= 0.3 is 0 Å². The summed E-state index contributed by atoms with van der Waals surface area (Å²) in [5, 5.41) is 13.4. The van der Waals surface area contributed by atoms with Gasteiger partial charge in [0.2, 0.25) is 5.91 Å². The molecule has 0 bridgehead atoms. The van der Waals surface area contributed by atoms with Crippen LogP contribution in [0.1, 0.15) is 5.56 Å². The van der Waals surface area contributed by atoms with E-state index in [4.69, 9.17) is 11.6 Å². The fourth-order valence-electron chi connectivity index (χ4n) is 1.53. The summed E-state index contributed by atoms with van der Waals surface area (Å²) >= 11 is 5.57. The molecule has 2 aromatic rings. The van der Waals surface area contributed by atoms with Crippen molar-refractivity contribution < 1.29 is 9.72 Å². The first-order valence-corrected chi connectivity index (χ1v) is 5.93.